The van der Waals surface area contributed by atoms with E-state index in [0.29, 0.717) is 63.5 Å². The molecule has 2 fully saturated rings. The molecule has 1 unspecified atom stereocenters. The molecule has 0 bridgehead atoms. The number of ether oxygens (including phenoxy) is 4. The van der Waals surface area contributed by atoms with Crippen LogP contribution in [0.3, 0.4) is 0 Å². The molecule has 43 heavy (non-hydrogen) atoms. The second-order valence-corrected chi connectivity index (χ2v) is 11.2. The highest BCUT2D eigenvalue weighted by Crippen LogP contribution is 2.36. The number of aromatic nitrogens is 2. The van der Waals surface area contributed by atoms with E-state index in [1.54, 1.807) is 18.4 Å². The van der Waals surface area contributed by atoms with Crippen molar-refractivity contribution in [3.05, 3.63) is 42.7 Å². The molecular formula is C32H44N6O5. The predicted molar refractivity (Wildman–Crippen MR) is 167 cm³/mol. The first kappa shape index (κ1) is 30.8. The zero-order chi connectivity index (χ0) is 30.0. The number of piperidine rings is 1. The first-order chi connectivity index (χ1) is 21.1. The summed E-state index contributed by atoms with van der Waals surface area (Å²) in [5.74, 6) is 2.96. The molecular weight excluding hydrogens is 548 g/mol. The lowest BCUT2D eigenvalue weighted by Crippen LogP contribution is -2.54. The van der Waals surface area contributed by atoms with Gasteiger partial charge in [-0.3, -0.25) is 4.79 Å². The van der Waals surface area contributed by atoms with Gasteiger partial charge in [0.05, 0.1) is 30.5 Å². The molecule has 5 rings (SSSR count). The fourth-order valence-electron chi connectivity index (χ4n) is 5.61. The van der Waals surface area contributed by atoms with Crippen LogP contribution in [0.5, 0.6) is 17.2 Å². The maximum absolute atomic E-state index is 12.1. The van der Waals surface area contributed by atoms with E-state index in [-0.39, 0.29) is 6.10 Å². The van der Waals surface area contributed by atoms with Crippen LogP contribution in [0.1, 0.15) is 39.5 Å². The number of methoxy groups -OCH3 is 1. The molecule has 3 heterocycles. The largest absolute Gasteiger partial charge is 0.491 e. The molecule has 1 amide bonds. The number of piperazine rings is 1. The van der Waals surface area contributed by atoms with Gasteiger partial charge in [0.2, 0.25) is 6.41 Å². The van der Waals surface area contributed by atoms with Gasteiger partial charge in [0, 0.05) is 50.8 Å². The summed E-state index contributed by atoms with van der Waals surface area (Å²) in [5.41, 5.74) is 1.60. The molecule has 0 radical (unpaired) electrons. The number of hydrogen-bond acceptors (Lipinski definition) is 10. The molecule has 2 saturated heterocycles. The number of nitrogens with one attached hydrogen (secondary N) is 1. The van der Waals surface area contributed by atoms with Gasteiger partial charge in [-0.05, 0) is 70.0 Å². The van der Waals surface area contributed by atoms with Gasteiger partial charge in [0.1, 0.15) is 24.5 Å². The van der Waals surface area contributed by atoms with Crippen LogP contribution >= 0.6 is 0 Å². The smallest absolute Gasteiger partial charge is 0.228 e. The first-order valence-corrected chi connectivity index (χ1v) is 15.3. The lowest BCUT2D eigenvalue weighted by molar-refractivity contribution is -0.110. The Morgan fingerprint density at radius 2 is 1.77 bits per heavy atom. The molecule has 1 N–H and O–H groups in total. The average molecular weight is 593 g/mol. The molecule has 11 heteroatoms. The fourth-order valence-corrected chi connectivity index (χ4v) is 5.61. The van der Waals surface area contributed by atoms with Gasteiger partial charge >= 0.3 is 0 Å². The van der Waals surface area contributed by atoms with E-state index in [0.717, 1.165) is 47.5 Å². The van der Waals surface area contributed by atoms with E-state index in [9.17, 15) is 4.79 Å². The third-order valence-electron chi connectivity index (χ3n) is 7.79. The van der Waals surface area contributed by atoms with E-state index >= 15 is 0 Å². The fraction of sp³-hybridized carbons (Fsp3) is 0.531. The number of fused-ring (bicyclic) bond motifs is 1. The van der Waals surface area contributed by atoms with Gasteiger partial charge in [-0.15, -0.1) is 0 Å². The van der Waals surface area contributed by atoms with E-state index < -0.39 is 0 Å². The van der Waals surface area contributed by atoms with Crippen molar-refractivity contribution in [2.75, 3.05) is 69.6 Å². The van der Waals surface area contributed by atoms with Crippen molar-refractivity contribution in [1.82, 2.24) is 20.3 Å². The maximum Gasteiger partial charge on any atom is 0.228 e. The van der Waals surface area contributed by atoms with Crippen LogP contribution < -0.4 is 29.4 Å². The summed E-state index contributed by atoms with van der Waals surface area (Å²) in [6.45, 7) is 9.24. The van der Waals surface area contributed by atoms with Crippen LogP contribution in [-0.2, 0) is 9.53 Å². The Kier molecular flexibility index (Phi) is 10.9. The second-order valence-electron chi connectivity index (χ2n) is 11.2. The molecule has 11 nitrogen and oxygen atoms in total. The van der Waals surface area contributed by atoms with Gasteiger partial charge in [-0.1, -0.05) is 6.42 Å². The molecule has 1 aromatic heterocycles. The minimum atomic E-state index is 0.0925. The molecule has 0 aliphatic carbocycles. The van der Waals surface area contributed by atoms with Crippen molar-refractivity contribution in [2.24, 2.45) is 0 Å². The number of anilines is 2. The summed E-state index contributed by atoms with van der Waals surface area (Å²) in [6, 6.07) is 12.0. The second kappa shape index (κ2) is 15.2. The van der Waals surface area contributed by atoms with Crippen LogP contribution in [0, 0.1) is 0 Å². The Morgan fingerprint density at radius 1 is 1.00 bits per heavy atom. The van der Waals surface area contributed by atoms with E-state index in [1.165, 1.54) is 19.3 Å². The molecule has 2 aliphatic rings. The Morgan fingerprint density at radius 3 is 2.47 bits per heavy atom. The number of hydrogen-bond donors (Lipinski definition) is 1. The highest BCUT2D eigenvalue weighted by molar-refractivity contribution is 5.92. The van der Waals surface area contributed by atoms with Crippen molar-refractivity contribution in [2.45, 2.75) is 51.7 Å². The normalized spacial score (nSPS) is 17.7. The Hall–Kier alpha value is -3.67. The van der Waals surface area contributed by atoms with Crippen LogP contribution in [0.25, 0.3) is 10.9 Å². The highest BCUT2D eigenvalue weighted by atomic mass is 16.5. The van der Waals surface area contributed by atoms with Gasteiger partial charge in [0.15, 0.2) is 11.5 Å². The molecule has 232 valence electrons. The highest BCUT2D eigenvalue weighted by Gasteiger charge is 2.25. The summed E-state index contributed by atoms with van der Waals surface area (Å²) in [5, 5.41) is 8.20. The lowest BCUT2D eigenvalue weighted by atomic mass is 10.0. The number of nitrogens with zero attached hydrogens (tertiary/aromatic N) is 5. The average Bonchev–Trinajstić information content (AvgIpc) is 3.03. The minimum Gasteiger partial charge on any atom is -0.491 e. The zero-order valence-electron chi connectivity index (χ0n) is 25.5. The lowest BCUT2D eigenvalue weighted by Gasteiger charge is -2.40. The molecule has 0 saturated carbocycles. The first-order valence-electron chi connectivity index (χ1n) is 15.3. The van der Waals surface area contributed by atoms with Gasteiger partial charge < -0.3 is 29.2 Å². The van der Waals surface area contributed by atoms with E-state index in [1.807, 2.05) is 50.2 Å². The van der Waals surface area contributed by atoms with E-state index in [2.05, 4.69) is 25.2 Å². The van der Waals surface area contributed by atoms with Gasteiger partial charge in [-0.25, -0.2) is 20.0 Å². The molecule has 3 aromatic rings. The van der Waals surface area contributed by atoms with Crippen molar-refractivity contribution >= 4 is 28.8 Å². The summed E-state index contributed by atoms with van der Waals surface area (Å²) in [7, 11) is 1.66. The summed E-state index contributed by atoms with van der Waals surface area (Å²) in [6.07, 6.45) is 7.20. The van der Waals surface area contributed by atoms with Crippen LogP contribution in [0.15, 0.2) is 42.7 Å². The Labute approximate surface area is 254 Å². The number of benzene rings is 2. The van der Waals surface area contributed by atoms with Crippen molar-refractivity contribution < 1.29 is 23.7 Å². The standard InChI is InChI=1S/C32H44N6O5/c1-24(2)43-27-9-7-26(8-10-27)38(23-39)37-15-13-36(14-16-37)32-28-20-30(42-19-18-40-3)31(21-29(28)34-22-35-32)41-17-11-25-6-4-5-12-33-25/h7-10,20-25,33H,4-6,11-19H2,1-3H3. The predicted octanol–water partition coefficient (Wildman–Crippen LogP) is 4.05. The zero-order valence-corrected chi connectivity index (χ0v) is 25.5. The molecule has 1 atom stereocenters. The van der Waals surface area contributed by atoms with Gasteiger partial charge in [-0.2, -0.15) is 0 Å². The van der Waals surface area contributed by atoms with Crippen LogP contribution in [0.4, 0.5) is 11.5 Å². The van der Waals surface area contributed by atoms with Crippen molar-refractivity contribution in [1.29, 1.82) is 0 Å². The van der Waals surface area contributed by atoms with Crippen molar-refractivity contribution in [3.63, 3.8) is 0 Å². The SMILES string of the molecule is COCCOc1cc2c(N3CCN(N(C=O)c4ccc(OC(C)C)cc4)CC3)ncnc2cc1OCCC1CCCCN1. The summed E-state index contributed by atoms with van der Waals surface area (Å²) in [4.78, 5) is 23.6. The quantitative estimate of drug-likeness (QED) is 0.218. The summed E-state index contributed by atoms with van der Waals surface area (Å²) < 4.78 is 23.3. The molecule has 0 spiro atoms. The summed E-state index contributed by atoms with van der Waals surface area (Å²) >= 11 is 0. The van der Waals surface area contributed by atoms with Gasteiger partial charge in [0.25, 0.3) is 0 Å². The van der Waals surface area contributed by atoms with E-state index in [4.69, 9.17) is 18.9 Å². The number of hydrazine groups is 1. The molecule has 2 aliphatic heterocycles. The van der Waals surface area contributed by atoms with Crippen LogP contribution in [0.2, 0.25) is 0 Å². The molecule has 2 aromatic carbocycles. The maximum atomic E-state index is 12.1. The topological polar surface area (TPSA) is 102 Å². The number of rotatable bonds is 14. The minimum absolute atomic E-state index is 0.0925. The number of amides is 1. The number of carbonyl (C=O) groups is 1. The number of carbonyl (C=O) groups excluding carboxylic acids is 1. The third-order valence-corrected chi connectivity index (χ3v) is 7.79. The Bertz CT molecular complexity index is 1310. The van der Waals surface area contributed by atoms with Crippen LogP contribution in [-0.4, -0.2) is 93.2 Å². The van der Waals surface area contributed by atoms with Crippen molar-refractivity contribution in [3.8, 4) is 17.2 Å². The monoisotopic (exact) mass is 592 g/mol. The third kappa shape index (κ3) is 8.04. The Balaban J connectivity index is 1.28.